The number of amides is 1. The van der Waals surface area contributed by atoms with Crippen molar-refractivity contribution in [2.45, 2.75) is 0 Å². The number of carbonyl (C=O) groups excluding carboxylic acids is 1. The fourth-order valence-electron chi connectivity index (χ4n) is 2.55. The summed E-state index contributed by atoms with van der Waals surface area (Å²) >= 11 is 3.50. The second-order valence-corrected chi connectivity index (χ2v) is 6.05. The van der Waals surface area contributed by atoms with Crippen LogP contribution in [0.1, 0.15) is 11.1 Å². The monoisotopic (exact) mass is 385 g/mol. The standard InChI is InChI=1S/C19H16BrNO3/c1-3-8-24-18-15(20)10-12(11-17(18)23-2)9-14-13-6-4-5-7-16(13)21-19(14)22/h3-7,9-11H,1,8H2,2H3,(H,21,22). The van der Waals surface area contributed by atoms with Crippen molar-refractivity contribution < 1.29 is 14.3 Å². The number of benzene rings is 2. The van der Waals surface area contributed by atoms with Crippen LogP contribution in [0.4, 0.5) is 5.69 Å². The fourth-order valence-corrected chi connectivity index (χ4v) is 3.13. The molecule has 3 rings (SSSR count). The Kier molecular flexibility index (Phi) is 4.71. The first-order chi connectivity index (χ1) is 11.6. The van der Waals surface area contributed by atoms with E-state index in [1.165, 1.54) is 0 Å². The average Bonchev–Trinajstić information content (AvgIpc) is 2.89. The van der Waals surface area contributed by atoms with Crippen LogP contribution in [0.15, 0.2) is 53.5 Å². The number of fused-ring (bicyclic) bond motifs is 1. The first-order valence-electron chi connectivity index (χ1n) is 7.37. The maximum absolute atomic E-state index is 12.2. The Labute approximate surface area is 148 Å². The van der Waals surface area contributed by atoms with Gasteiger partial charge in [0, 0.05) is 16.8 Å². The maximum atomic E-state index is 12.2. The number of anilines is 1. The van der Waals surface area contributed by atoms with Gasteiger partial charge in [-0.05, 0) is 45.8 Å². The number of hydrogen-bond acceptors (Lipinski definition) is 3. The van der Waals surface area contributed by atoms with Crippen molar-refractivity contribution in [3.05, 3.63) is 64.7 Å². The molecule has 1 amide bonds. The maximum Gasteiger partial charge on any atom is 0.256 e. The number of ether oxygens (including phenoxy) is 2. The number of methoxy groups -OCH3 is 1. The number of hydrogen-bond donors (Lipinski definition) is 1. The second-order valence-electron chi connectivity index (χ2n) is 5.19. The van der Waals surface area contributed by atoms with Crippen LogP contribution in [0.2, 0.25) is 0 Å². The fraction of sp³-hybridized carbons (Fsp3) is 0.105. The van der Waals surface area contributed by atoms with E-state index >= 15 is 0 Å². The van der Waals surface area contributed by atoms with Gasteiger partial charge in [-0.25, -0.2) is 0 Å². The smallest absolute Gasteiger partial charge is 0.256 e. The second kappa shape index (κ2) is 6.93. The molecule has 0 spiro atoms. The van der Waals surface area contributed by atoms with Crippen LogP contribution < -0.4 is 14.8 Å². The van der Waals surface area contributed by atoms with Crippen LogP contribution >= 0.6 is 15.9 Å². The van der Waals surface area contributed by atoms with E-state index < -0.39 is 0 Å². The van der Waals surface area contributed by atoms with Gasteiger partial charge in [0.05, 0.1) is 11.6 Å². The van der Waals surface area contributed by atoms with Crippen molar-refractivity contribution in [1.82, 2.24) is 0 Å². The molecule has 24 heavy (non-hydrogen) atoms. The molecule has 5 heteroatoms. The lowest BCUT2D eigenvalue weighted by atomic mass is 10.0. The Hall–Kier alpha value is -2.53. The summed E-state index contributed by atoms with van der Waals surface area (Å²) in [5.74, 6) is 1.08. The number of nitrogens with one attached hydrogen (secondary N) is 1. The molecule has 4 nitrogen and oxygen atoms in total. The van der Waals surface area contributed by atoms with Crippen LogP contribution in [0.3, 0.4) is 0 Å². The van der Waals surface area contributed by atoms with Crippen molar-refractivity contribution in [3.63, 3.8) is 0 Å². The zero-order chi connectivity index (χ0) is 17.1. The summed E-state index contributed by atoms with van der Waals surface area (Å²) in [6.07, 6.45) is 3.51. The molecule has 0 fully saturated rings. The molecule has 1 heterocycles. The highest BCUT2D eigenvalue weighted by Gasteiger charge is 2.23. The van der Waals surface area contributed by atoms with Crippen LogP contribution in [-0.4, -0.2) is 19.6 Å². The minimum atomic E-state index is -0.113. The lowest BCUT2D eigenvalue weighted by molar-refractivity contribution is -0.110. The van der Waals surface area contributed by atoms with E-state index in [2.05, 4.69) is 27.8 Å². The lowest BCUT2D eigenvalue weighted by Gasteiger charge is -2.12. The number of rotatable bonds is 5. The van der Waals surface area contributed by atoms with Crippen LogP contribution in [-0.2, 0) is 4.79 Å². The van der Waals surface area contributed by atoms with E-state index in [0.717, 1.165) is 21.3 Å². The van der Waals surface area contributed by atoms with Crippen molar-refractivity contribution >= 4 is 39.2 Å². The van der Waals surface area contributed by atoms with E-state index in [-0.39, 0.29) is 5.91 Å². The van der Waals surface area contributed by atoms with Crippen molar-refractivity contribution in [3.8, 4) is 11.5 Å². The third-order valence-electron chi connectivity index (χ3n) is 3.62. The number of para-hydroxylation sites is 1. The first kappa shape index (κ1) is 16.3. The van der Waals surface area contributed by atoms with Gasteiger partial charge in [0.1, 0.15) is 6.61 Å². The molecule has 0 unspecified atom stereocenters. The van der Waals surface area contributed by atoms with E-state index in [1.807, 2.05) is 42.5 Å². The van der Waals surface area contributed by atoms with Crippen molar-refractivity contribution in [2.24, 2.45) is 0 Å². The predicted molar refractivity (Wildman–Crippen MR) is 99.3 cm³/mol. The highest BCUT2D eigenvalue weighted by Crippen LogP contribution is 2.39. The molecule has 0 aliphatic carbocycles. The quantitative estimate of drug-likeness (QED) is 0.608. The molecule has 1 aliphatic heterocycles. The van der Waals surface area contributed by atoms with Gasteiger partial charge in [0.15, 0.2) is 11.5 Å². The molecule has 0 saturated heterocycles. The molecule has 2 aromatic carbocycles. The minimum absolute atomic E-state index is 0.113. The number of carbonyl (C=O) groups is 1. The van der Waals surface area contributed by atoms with Gasteiger partial charge in [0.25, 0.3) is 5.91 Å². The van der Waals surface area contributed by atoms with Gasteiger partial charge in [-0.3, -0.25) is 4.79 Å². The molecule has 122 valence electrons. The summed E-state index contributed by atoms with van der Waals surface area (Å²) < 4.78 is 11.8. The number of halogens is 1. The van der Waals surface area contributed by atoms with Gasteiger partial charge >= 0.3 is 0 Å². The van der Waals surface area contributed by atoms with Crippen LogP contribution in [0.5, 0.6) is 11.5 Å². The molecule has 0 aromatic heterocycles. The molecule has 1 aliphatic rings. The van der Waals surface area contributed by atoms with E-state index in [9.17, 15) is 4.79 Å². The van der Waals surface area contributed by atoms with Crippen LogP contribution in [0, 0.1) is 0 Å². The first-order valence-corrected chi connectivity index (χ1v) is 8.17. The minimum Gasteiger partial charge on any atom is -0.493 e. The van der Waals surface area contributed by atoms with Crippen molar-refractivity contribution in [1.29, 1.82) is 0 Å². The summed E-state index contributed by atoms with van der Waals surface area (Å²) in [6.45, 7) is 4.02. The Morgan fingerprint density at radius 3 is 2.83 bits per heavy atom. The molecule has 0 atom stereocenters. The normalized spacial score (nSPS) is 14.2. The largest absolute Gasteiger partial charge is 0.493 e. The predicted octanol–water partition coefficient (Wildman–Crippen LogP) is 4.52. The van der Waals surface area contributed by atoms with Gasteiger partial charge in [-0.1, -0.05) is 30.9 Å². The summed E-state index contributed by atoms with van der Waals surface area (Å²) in [5, 5.41) is 2.86. The Morgan fingerprint density at radius 1 is 1.29 bits per heavy atom. The molecule has 0 saturated carbocycles. The van der Waals surface area contributed by atoms with Gasteiger partial charge in [-0.15, -0.1) is 0 Å². The zero-order valence-corrected chi connectivity index (χ0v) is 14.7. The molecule has 2 aromatic rings. The Morgan fingerprint density at radius 2 is 2.08 bits per heavy atom. The van der Waals surface area contributed by atoms with Crippen LogP contribution in [0.25, 0.3) is 11.6 Å². The van der Waals surface area contributed by atoms with Gasteiger partial charge in [0.2, 0.25) is 0 Å². The highest BCUT2D eigenvalue weighted by atomic mass is 79.9. The Balaban J connectivity index is 2.03. The average molecular weight is 386 g/mol. The van der Waals surface area contributed by atoms with Gasteiger partial charge < -0.3 is 14.8 Å². The molecule has 0 radical (unpaired) electrons. The highest BCUT2D eigenvalue weighted by molar-refractivity contribution is 9.10. The summed E-state index contributed by atoms with van der Waals surface area (Å²) in [4.78, 5) is 12.2. The molecule has 0 bridgehead atoms. The van der Waals surface area contributed by atoms with E-state index in [4.69, 9.17) is 9.47 Å². The molecule has 1 N–H and O–H groups in total. The summed E-state index contributed by atoms with van der Waals surface area (Å²) in [6, 6.07) is 11.3. The molecular formula is C19H16BrNO3. The third kappa shape index (κ3) is 3.08. The third-order valence-corrected chi connectivity index (χ3v) is 4.21. The summed E-state index contributed by atoms with van der Waals surface area (Å²) in [5.41, 5.74) is 3.18. The van der Waals surface area contributed by atoms with E-state index in [0.29, 0.717) is 23.7 Å². The van der Waals surface area contributed by atoms with Crippen molar-refractivity contribution in [2.75, 3.05) is 19.0 Å². The topological polar surface area (TPSA) is 47.6 Å². The molecular weight excluding hydrogens is 370 g/mol. The lowest BCUT2D eigenvalue weighted by Crippen LogP contribution is -2.03. The summed E-state index contributed by atoms with van der Waals surface area (Å²) in [7, 11) is 1.58. The SMILES string of the molecule is C=CCOc1c(Br)cc(C=C2C(=O)Nc3ccccc32)cc1OC. The Bertz CT molecular complexity index is 843. The zero-order valence-electron chi connectivity index (χ0n) is 13.1. The van der Waals surface area contributed by atoms with Gasteiger partial charge in [-0.2, -0.15) is 0 Å². The van der Waals surface area contributed by atoms with E-state index in [1.54, 1.807) is 13.2 Å².